The fourth-order valence-electron chi connectivity index (χ4n) is 6.15. The van der Waals surface area contributed by atoms with Gasteiger partial charge in [-0.15, -0.1) is 0 Å². The average Bonchev–Trinajstić information content (AvgIpc) is 3.58. The van der Waals surface area contributed by atoms with Gasteiger partial charge in [0.25, 0.3) is 0 Å². The Kier molecular flexibility index (Phi) is 6.64. The van der Waals surface area contributed by atoms with Gasteiger partial charge in [0.15, 0.2) is 5.82 Å². The summed E-state index contributed by atoms with van der Waals surface area (Å²) in [5.41, 5.74) is 10.6. The molecule has 6 rings (SSSR count). The molecular formula is C27H38N8O2. The van der Waals surface area contributed by atoms with Crippen molar-refractivity contribution in [2.45, 2.75) is 38.8 Å². The van der Waals surface area contributed by atoms with Crippen molar-refractivity contribution in [3.63, 3.8) is 0 Å². The largest absolute Gasteiger partial charge is 0.496 e. The molecule has 37 heavy (non-hydrogen) atoms. The van der Waals surface area contributed by atoms with Crippen molar-refractivity contribution in [2.24, 2.45) is 11.3 Å². The molecule has 3 aromatic rings. The molecule has 0 unspecified atom stereocenters. The fourth-order valence-corrected chi connectivity index (χ4v) is 6.15. The molecule has 198 valence electrons. The summed E-state index contributed by atoms with van der Waals surface area (Å²) in [6.07, 6.45) is 7.22. The van der Waals surface area contributed by atoms with Crippen LogP contribution >= 0.6 is 0 Å². The van der Waals surface area contributed by atoms with Gasteiger partial charge in [0, 0.05) is 51.4 Å². The summed E-state index contributed by atoms with van der Waals surface area (Å²) in [5, 5.41) is 17.4. The first-order valence-corrected chi connectivity index (χ1v) is 13.5. The number of fused-ring (bicyclic) bond motifs is 1. The summed E-state index contributed by atoms with van der Waals surface area (Å²) in [5.74, 6) is 2.58. The first-order chi connectivity index (χ1) is 18.0. The van der Waals surface area contributed by atoms with Gasteiger partial charge in [0.1, 0.15) is 16.8 Å². The number of hydrogen-bond donors (Lipinski definition) is 3. The first-order valence-electron chi connectivity index (χ1n) is 13.5. The Bertz CT molecular complexity index is 1240. The summed E-state index contributed by atoms with van der Waals surface area (Å²) in [7, 11) is 1.72. The van der Waals surface area contributed by atoms with Gasteiger partial charge in [0.2, 0.25) is 5.95 Å². The molecule has 2 saturated carbocycles. The SMILES string of the molecule is COc1cc(CN2CCN(CCO)CC2)ccc1Cn1ncc2nc(N)nc(NCC3CC4(CC4)C3)c21. The zero-order chi connectivity index (χ0) is 25.4. The van der Waals surface area contributed by atoms with E-state index in [1.54, 1.807) is 13.3 Å². The van der Waals surface area contributed by atoms with Gasteiger partial charge in [-0.1, -0.05) is 12.1 Å². The molecule has 2 aliphatic carbocycles. The number of hydrogen-bond acceptors (Lipinski definition) is 9. The number of methoxy groups -OCH3 is 1. The van der Waals surface area contributed by atoms with Crippen LogP contribution in [-0.4, -0.2) is 87.6 Å². The van der Waals surface area contributed by atoms with E-state index in [0.717, 1.165) is 74.0 Å². The van der Waals surface area contributed by atoms with Crippen molar-refractivity contribution >= 4 is 22.8 Å². The van der Waals surface area contributed by atoms with Crippen LogP contribution in [0.4, 0.5) is 11.8 Å². The summed E-state index contributed by atoms with van der Waals surface area (Å²) < 4.78 is 7.74. The van der Waals surface area contributed by atoms with E-state index in [4.69, 9.17) is 10.5 Å². The minimum atomic E-state index is 0.225. The number of anilines is 2. The molecule has 3 heterocycles. The number of β-amino-alcohol motifs (C(OH)–C–C–N with tert-alkyl or cyclic N) is 1. The molecule has 0 bridgehead atoms. The maximum Gasteiger partial charge on any atom is 0.222 e. The first kappa shape index (κ1) is 24.4. The van der Waals surface area contributed by atoms with Gasteiger partial charge >= 0.3 is 0 Å². The number of nitrogens with zero attached hydrogens (tertiary/aromatic N) is 6. The molecule has 1 saturated heterocycles. The molecule has 3 aliphatic rings. The highest BCUT2D eigenvalue weighted by atomic mass is 16.5. The third kappa shape index (κ3) is 5.23. The van der Waals surface area contributed by atoms with Crippen LogP contribution in [-0.2, 0) is 13.1 Å². The normalized spacial score (nSPS) is 19.8. The second-order valence-corrected chi connectivity index (χ2v) is 11.1. The van der Waals surface area contributed by atoms with Gasteiger partial charge in [0.05, 0.1) is 26.5 Å². The molecule has 3 fully saturated rings. The van der Waals surface area contributed by atoms with E-state index in [9.17, 15) is 5.11 Å². The number of nitrogen functional groups attached to an aromatic ring is 1. The molecule has 0 amide bonds. The molecule has 1 spiro atoms. The highest BCUT2D eigenvalue weighted by Gasteiger charge is 2.52. The number of aromatic nitrogens is 4. The summed E-state index contributed by atoms with van der Waals surface area (Å²) in [6, 6.07) is 6.46. The Morgan fingerprint density at radius 3 is 2.62 bits per heavy atom. The Morgan fingerprint density at radius 2 is 1.89 bits per heavy atom. The van der Waals surface area contributed by atoms with Gasteiger partial charge < -0.3 is 20.9 Å². The molecule has 2 aromatic heterocycles. The quantitative estimate of drug-likeness (QED) is 0.380. The van der Waals surface area contributed by atoms with Crippen LogP contribution in [0.2, 0.25) is 0 Å². The number of piperazine rings is 1. The highest BCUT2D eigenvalue weighted by molar-refractivity contribution is 5.86. The van der Waals surface area contributed by atoms with Crippen molar-refractivity contribution in [1.82, 2.24) is 29.5 Å². The third-order valence-electron chi connectivity index (χ3n) is 8.42. The Labute approximate surface area is 217 Å². The number of benzene rings is 1. The molecule has 1 aromatic carbocycles. The summed E-state index contributed by atoms with van der Waals surface area (Å²) >= 11 is 0. The topological polar surface area (TPSA) is 118 Å². The monoisotopic (exact) mass is 506 g/mol. The van der Waals surface area contributed by atoms with Crippen LogP contribution in [0.15, 0.2) is 24.4 Å². The lowest BCUT2D eigenvalue weighted by Crippen LogP contribution is -2.46. The molecule has 10 nitrogen and oxygen atoms in total. The Balaban J connectivity index is 1.15. The van der Waals surface area contributed by atoms with Crippen LogP contribution in [0.5, 0.6) is 5.75 Å². The smallest absolute Gasteiger partial charge is 0.222 e. The highest BCUT2D eigenvalue weighted by Crippen LogP contribution is 2.63. The molecule has 0 radical (unpaired) electrons. The van der Waals surface area contributed by atoms with Crippen molar-refractivity contribution in [3.05, 3.63) is 35.5 Å². The van der Waals surface area contributed by atoms with Crippen LogP contribution in [0.1, 0.15) is 36.8 Å². The number of aliphatic hydroxyl groups is 1. The zero-order valence-corrected chi connectivity index (χ0v) is 21.7. The fraction of sp³-hybridized carbons (Fsp3) is 0.593. The van der Waals surface area contributed by atoms with Crippen molar-refractivity contribution in [2.75, 3.05) is 64.0 Å². The Hall–Kier alpha value is -2.95. The minimum absolute atomic E-state index is 0.225. The number of nitrogens with two attached hydrogens (primary N) is 1. The number of aliphatic hydroxyl groups excluding tert-OH is 1. The maximum absolute atomic E-state index is 9.17. The summed E-state index contributed by atoms with van der Waals surface area (Å²) in [6.45, 7) is 7.33. The van der Waals surface area contributed by atoms with E-state index in [0.29, 0.717) is 17.9 Å². The van der Waals surface area contributed by atoms with Crippen LogP contribution < -0.4 is 15.8 Å². The molecule has 0 atom stereocenters. The predicted octanol–water partition coefficient (Wildman–Crippen LogP) is 2.18. The Morgan fingerprint density at radius 1 is 1.11 bits per heavy atom. The molecule has 1 aliphatic heterocycles. The van der Waals surface area contributed by atoms with E-state index in [2.05, 4.69) is 48.4 Å². The molecule has 4 N–H and O–H groups in total. The maximum atomic E-state index is 9.17. The number of nitrogens with one attached hydrogen (secondary N) is 1. The number of rotatable bonds is 10. The van der Waals surface area contributed by atoms with Crippen molar-refractivity contribution in [1.29, 1.82) is 0 Å². The van der Waals surface area contributed by atoms with Crippen LogP contribution in [0.3, 0.4) is 0 Å². The summed E-state index contributed by atoms with van der Waals surface area (Å²) in [4.78, 5) is 13.7. The standard InChI is InChI=1S/C27H38N8O2/c1-37-23-12-19(17-34-8-6-33(7-9-34)10-11-36)2-3-21(23)18-35-24-22(16-30-35)31-26(28)32-25(24)29-15-20-13-27(14-20)4-5-27/h2-3,12,16,20,36H,4-11,13-15,17-18H2,1H3,(H3,28,29,31,32). The van der Waals surface area contributed by atoms with Gasteiger partial charge in [-0.3, -0.25) is 14.5 Å². The van der Waals surface area contributed by atoms with Crippen molar-refractivity contribution in [3.8, 4) is 5.75 Å². The molecule has 10 heteroatoms. The van der Waals surface area contributed by atoms with Crippen LogP contribution in [0, 0.1) is 11.3 Å². The average molecular weight is 507 g/mol. The van der Waals surface area contributed by atoms with E-state index in [-0.39, 0.29) is 12.6 Å². The number of ether oxygens (including phenoxy) is 1. The second-order valence-electron chi connectivity index (χ2n) is 11.1. The lowest BCUT2D eigenvalue weighted by atomic mass is 9.72. The van der Waals surface area contributed by atoms with Crippen molar-refractivity contribution < 1.29 is 9.84 Å². The minimum Gasteiger partial charge on any atom is -0.496 e. The zero-order valence-electron chi connectivity index (χ0n) is 21.7. The third-order valence-corrected chi connectivity index (χ3v) is 8.42. The lowest BCUT2D eigenvalue weighted by Gasteiger charge is -2.36. The molecular weight excluding hydrogens is 468 g/mol. The van der Waals surface area contributed by atoms with E-state index < -0.39 is 0 Å². The lowest BCUT2D eigenvalue weighted by molar-refractivity contribution is 0.108. The van der Waals surface area contributed by atoms with Crippen LogP contribution in [0.25, 0.3) is 11.0 Å². The van der Waals surface area contributed by atoms with E-state index in [1.807, 2.05) is 4.68 Å². The van der Waals surface area contributed by atoms with Gasteiger partial charge in [-0.25, -0.2) is 4.98 Å². The van der Waals surface area contributed by atoms with Gasteiger partial charge in [-0.05, 0) is 48.6 Å². The second kappa shape index (κ2) is 10.1. The van der Waals surface area contributed by atoms with E-state index >= 15 is 0 Å². The predicted molar refractivity (Wildman–Crippen MR) is 144 cm³/mol. The van der Waals surface area contributed by atoms with E-state index in [1.165, 1.54) is 31.2 Å². The van der Waals surface area contributed by atoms with Gasteiger partial charge in [-0.2, -0.15) is 10.1 Å².